The lowest BCUT2D eigenvalue weighted by Gasteiger charge is -2.00. The number of benzene rings is 1. The van der Waals surface area contributed by atoms with Gasteiger partial charge in [0, 0.05) is 21.9 Å². The van der Waals surface area contributed by atoms with Crippen LogP contribution in [0.1, 0.15) is 0 Å². The van der Waals surface area contributed by atoms with Gasteiger partial charge in [0.2, 0.25) is 0 Å². The number of aromatic nitrogens is 3. The molecule has 84 valence electrons. The van der Waals surface area contributed by atoms with Gasteiger partial charge in [0.15, 0.2) is 0 Å². The second kappa shape index (κ2) is 3.85. The van der Waals surface area contributed by atoms with E-state index in [-0.39, 0.29) is 0 Å². The van der Waals surface area contributed by atoms with Crippen molar-refractivity contribution in [3.05, 3.63) is 41.1 Å². The van der Waals surface area contributed by atoms with Crippen LogP contribution in [0, 0.1) is 0 Å². The quantitative estimate of drug-likeness (QED) is 0.677. The molecule has 0 aliphatic carbocycles. The van der Waals surface area contributed by atoms with E-state index < -0.39 is 0 Å². The van der Waals surface area contributed by atoms with Gasteiger partial charge < -0.3 is 10.7 Å². The maximum Gasteiger partial charge on any atom is 0.138 e. The number of H-pyrrole nitrogens is 1. The predicted octanol–water partition coefficient (Wildman–Crippen LogP) is 2.97. The number of aromatic amines is 1. The summed E-state index contributed by atoms with van der Waals surface area (Å²) in [6.07, 6.45) is 3.48. The van der Waals surface area contributed by atoms with Crippen molar-refractivity contribution in [3.8, 4) is 11.4 Å². The Bertz CT molecular complexity index is 657. The first-order chi connectivity index (χ1) is 8.24. The van der Waals surface area contributed by atoms with Gasteiger partial charge in [0.1, 0.15) is 5.82 Å². The third-order valence-electron chi connectivity index (χ3n) is 2.55. The SMILES string of the molecule is Nc1cc(-c2nc3ccncc3[nH]2)ccc1Br. The minimum Gasteiger partial charge on any atom is -0.398 e. The number of anilines is 1. The van der Waals surface area contributed by atoms with Crippen molar-refractivity contribution >= 4 is 32.7 Å². The molecule has 0 radical (unpaired) electrons. The van der Waals surface area contributed by atoms with Crippen LogP contribution in [-0.4, -0.2) is 15.0 Å². The summed E-state index contributed by atoms with van der Waals surface area (Å²) in [6.45, 7) is 0. The van der Waals surface area contributed by atoms with E-state index in [1.807, 2.05) is 24.3 Å². The van der Waals surface area contributed by atoms with Crippen LogP contribution in [0.5, 0.6) is 0 Å². The number of hydrogen-bond acceptors (Lipinski definition) is 3. The number of imidazole rings is 1. The van der Waals surface area contributed by atoms with Crippen LogP contribution in [0.4, 0.5) is 5.69 Å². The monoisotopic (exact) mass is 288 g/mol. The molecule has 0 unspecified atom stereocenters. The number of pyridine rings is 1. The van der Waals surface area contributed by atoms with Crippen LogP contribution in [0.2, 0.25) is 0 Å². The van der Waals surface area contributed by atoms with Crippen LogP contribution < -0.4 is 5.73 Å². The number of nitrogens with two attached hydrogens (primary N) is 1. The van der Waals surface area contributed by atoms with Crippen molar-refractivity contribution in [2.75, 3.05) is 5.73 Å². The zero-order valence-electron chi connectivity index (χ0n) is 8.81. The van der Waals surface area contributed by atoms with Gasteiger partial charge in [0.25, 0.3) is 0 Å². The third-order valence-corrected chi connectivity index (χ3v) is 3.27. The average molecular weight is 289 g/mol. The maximum absolute atomic E-state index is 5.85. The van der Waals surface area contributed by atoms with E-state index >= 15 is 0 Å². The molecule has 2 heterocycles. The van der Waals surface area contributed by atoms with Crippen molar-refractivity contribution in [1.29, 1.82) is 0 Å². The molecular formula is C12H9BrN4. The lowest BCUT2D eigenvalue weighted by atomic mass is 10.2. The van der Waals surface area contributed by atoms with E-state index in [1.165, 1.54) is 0 Å². The van der Waals surface area contributed by atoms with Gasteiger partial charge in [-0.3, -0.25) is 4.98 Å². The van der Waals surface area contributed by atoms with Gasteiger partial charge in [0.05, 0.1) is 17.2 Å². The Morgan fingerprint density at radius 2 is 2.12 bits per heavy atom. The molecule has 0 fully saturated rings. The van der Waals surface area contributed by atoms with Crippen molar-refractivity contribution in [3.63, 3.8) is 0 Å². The van der Waals surface area contributed by atoms with Gasteiger partial charge in [-0.2, -0.15) is 0 Å². The maximum atomic E-state index is 5.85. The Morgan fingerprint density at radius 3 is 2.88 bits per heavy atom. The molecule has 0 atom stereocenters. The first-order valence-electron chi connectivity index (χ1n) is 5.09. The minimum absolute atomic E-state index is 0.695. The summed E-state index contributed by atoms with van der Waals surface area (Å²) in [5.41, 5.74) is 9.33. The highest BCUT2D eigenvalue weighted by atomic mass is 79.9. The predicted molar refractivity (Wildman–Crippen MR) is 71.4 cm³/mol. The molecule has 3 N–H and O–H groups in total. The first-order valence-corrected chi connectivity index (χ1v) is 5.88. The molecular weight excluding hydrogens is 280 g/mol. The highest BCUT2D eigenvalue weighted by molar-refractivity contribution is 9.10. The van der Waals surface area contributed by atoms with Crippen LogP contribution in [0.25, 0.3) is 22.4 Å². The lowest BCUT2D eigenvalue weighted by Crippen LogP contribution is -1.88. The lowest BCUT2D eigenvalue weighted by molar-refractivity contribution is 1.33. The van der Waals surface area contributed by atoms with E-state index in [0.29, 0.717) is 5.69 Å². The zero-order valence-corrected chi connectivity index (χ0v) is 10.4. The van der Waals surface area contributed by atoms with Gasteiger partial charge in [-0.1, -0.05) is 0 Å². The molecule has 3 aromatic rings. The zero-order chi connectivity index (χ0) is 11.8. The van der Waals surface area contributed by atoms with Crippen molar-refractivity contribution < 1.29 is 0 Å². The topological polar surface area (TPSA) is 67.6 Å². The Morgan fingerprint density at radius 1 is 1.24 bits per heavy atom. The molecule has 1 aromatic carbocycles. The fourth-order valence-corrected chi connectivity index (χ4v) is 1.93. The third kappa shape index (κ3) is 1.78. The Kier molecular flexibility index (Phi) is 2.33. The summed E-state index contributed by atoms with van der Waals surface area (Å²) in [5, 5.41) is 0. The fourth-order valence-electron chi connectivity index (χ4n) is 1.68. The van der Waals surface area contributed by atoms with Gasteiger partial charge in [-0.05, 0) is 40.2 Å². The minimum atomic E-state index is 0.695. The number of hydrogen-bond donors (Lipinski definition) is 2. The second-order valence-electron chi connectivity index (χ2n) is 3.71. The van der Waals surface area contributed by atoms with E-state index in [4.69, 9.17) is 5.73 Å². The Hall–Kier alpha value is -1.88. The summed E-state index contributed by atoms with van der Waals surface area (Å²) < 4.78 is 0.888. The smallest absolute Gasteiger partial charge is 0.138 e. The normalized spacial score (nSPS) is 10.9. The summed E-state index contributed by atoms with van der Waals surface area (Å²) >= 11 is 3.37. The number of fused-ring (bicyclic) bond motifs is 1. The standard InChI is InChI=1S/C12H9BrN4/c13-8-2-1-7(5-9(8)14)12-16-10-3-4-15-6-11(10)17-12/h1-6H,14H2,(H,16,17). The summed E-state index contributed by atoms with van der Waals surface area (Å²) in [7, 11) is 0. The first kappa shape index (κ1) is 10.3. The van der Waals surface area contributed by atoms with Crippen LogP contribution in [0.15, 0.2) is 41.1 Å². The van der Waals surface area contributed by atoms with Crippen LogP contribution in [-0.2, 0) is 0 Å². The van der Waals surface area contributed by atoms with E-state index in [0.717, 1.165) is 26.9 Å². The second-order valence-corrected chi connectivity index (χ2v) is 4.57. The Labute approximate surface area is 106 Å². The highest BCUT2D eigenvalue weighted by Gasteiger charge is 2.06. The summed E-state index contributed by atoms with van der Waals surface area (Å²) in [6, 6.07) is 7.63. The van der Waals surface area contributed by atoms with Gasteiger partial charge >= 0.3 is 0 Å². The Balaban J connectivity index is 2.17. The number of rotatable bonds is 1. The molecule has 0 amide bonds. The molecule has 2 aromatic heterocycles. The molecule has 0 saturated heterocycles. The van der Waals surface area contributed by atoms with Crippen molar-refractivity contribution in [2.45, 2.75) is 0 Å². The molecule has 0 spiro atoms. The number of nitrogens with zero attached hydrogens (tertiary/aromatic N) is 2. The van der Waals surface area contributed by atoms with Crippen LogP contribution >= 0.6 is 15.9 Å². The molecule has 0 bridgehead atoms. The van der Waals surface area contributed by atoms with Gasteiger partial charge in [-0.15, -0.1) is 0 Å². The molecule has 17 heavy (non-hydrogen) atoms. The molecule has 5 heteroatoms. The molecule has 0 saturated carbocycles. The average Bonchev–Trinajstić information content (AvgIpc) is 2.76. The number of halogens is 1. The highest BCUT2D eigenvalue weighted by Crippen LogP contribution is 2.26. The van der Waals surface area contributed by atoms with Crippen LogP contribution in [0.3, 0.4) is 0 Å². The van der Waals surface area contributed by atoms with Crippen molar-refractivity contribution in [1.82, 2.24) is 15.0 Å². The number of nitrogen functional groups attached to an aromatic ring is 1. The molecule has 4 nitrogen and oxygen atoms in total. The van der Waals surface area contributed by atoms with E-state index in [1.54, 1.807) is 12.4 Å². The molecule has 0 aliphatic rings. The molecule has 3 rings (SSSR count). The summed E-state index contributed by atoms with van der Waals surface area (Å²) in [5.74, 6) is 0.798. The largest absolute Gasteiger partial charge is 0.398 e. The molecule has 0 aliphatic heterocycles. The van der Waals surface area contributed by atoms with Gasteiger partial charge in [-0.25, -0.2) is 4.98 Å². The van der Waals surface area contributed by atoms with E-state index in [2.05, 4.69) is 30.9 Å². The van der Waals surface area contributed by atoms with Crippen molar-refractivity contribution in [2.24, 2.45) is 0 Å². The fraction of sp³-hybridized carbons (Fsp3) is 0. The van der Waals surface area contributed by atoms with E-state index in [9.17, 15) is 0 Å². The number of nitrogens with one attached hydrogen (secondary N) is 1. The summed E-state index contributed by atoms with van der Waals surface area (Å²) in [4.78, 5) is 11.7.